The van der Waals surface area contributed by atoms with Crippen LogP contribution in [0, 0.1) is 13.8 Å². The van der Waals surface area contributed by atoms with Crippen LogP contribution in [-0.4, -0.2) is 11.9 Å². The maximum Gasteiger partial charge on any atom is 0.310 e. The van der Waals surface area contributed by atoms with E-state index in [0.29, 0.717) is 24.3 Å². The molecule has 0 N–H and O–H groups in total. The Morgan fingerprint density at radius 2 is 1.10 bits per heavy atom. The number of carbonyl (C=O) groups excluding carboxylic acids is 2. The van der Waals surface area contributed by atoms with Gasteiger partial charge >= 0.3 is 11.9 Å². The third kappa shape index (κ3) is 5.47. The van der Waals surface area contributed by atoms with Crippen molar-refractivity contribution in [2.24, 2.45) is 0 Å². The van der Waals surface area contributed by atoms with Gasteiger partial charge in [0.25, 0.3) is 0 Å². The van der Waals surface area contributed by atoms with Crippen LogP contribution in [0.4, 0.5) is 0 Å². The monoisotopic (exact) mass is 406 g/mol. The standard InChI is InChI=1S/C26H30O4/c1-7-21(19-11-13-23(17(5)15-19)29-25(27)9-3)22(8-2)20-12-14-24(18(6)16-20)30-26(28)10-4/h7-8,11-16H,9-10H2,1-6H3/b21-7+,22-8+. The molecular formula is C26H30O4. The van der Waals surface area contributed by atoms with Gasteiger partial charge in [-0.05, 0) is 85.4 Å². The zero-order valence-electron chi connectivity index (χ0n) is 18.7. The predicted molar refractivity (Wildman–Crippen MR) is 122 cm³/mol. The SMILES string of the molecule is C/C=C(/C(=C/C)c1ccc(OC(=O)CC)c(C)c1)c1ccc(OC(=O)CC)c(C)c1. The zero-order chi connectivity index (χ0) is 22.3. The van der Waals surface area contributed by atoms with E-state index in [1.54, 1.807) is 13.8 Å². The lowest BCUT2D eigenvalue weighted by atomic mass is 9.90. The summed E-state index contributed by atoms with van der Waals surface area (Å²) in [6.45, 7) is 11.4. The number of ether oxygens (including phenoxy) is 2. The minimum Gasteiger partial charge on any atom is -0.426 e. The van der Waals surface area contributed by atoms with Crippen LogP contribution in [0.25, 0.3) is 11.1 Å². The van der Waals surface area contributed by atoms with Crippen molar-refractivity contribution < 1.29 is 19.1 Å². The van der Waals surface area contributed by atoms with E-state index in [1.807, 2.05) is 64.1 Å². The summed E-state index contributed by atoms with van der Waals surface area (Å²) in [7, 11) is 0. The van der Waals surface area contributed by atoms with Gasteiger partial charge in [0.05, 0.1) is 0 Å². The van der Waals surface area contributed by atoms with E-state index < -0.39 is 0 Å². The fourth-order valence-corrected chi connectivity index (χ4v) is 3.21. The van der Waals surface area contributed by atoms with Crippen molar-refractivity contribution in [3.8, 4) is 11.5 Å². The molecule has 0 bridgehead atoms. The zero-order valence-corrected chi connectivity index (χ0v) is 18.7. The van der Waals surface area contributed by atoms with Crippen molar-refractivity contribution >= 4 is 23.1 Å². The number of aryl methyl sites for hydroxylation is 2. The number of rotatable bonds is 7. The normalized spacial score (nSPS) is 11.9. The molecule has 0 atom stereocenters. The Bertz CT molecular complexity index is 915. The third-order valence-electron chi connectivity index (χ3n) is 4.86. The smallest absolute Gasteiger partial charge is 0.310 e. The van der Waals surface area contributed by atoms with E-state index in [9.17, 15) is 9.59 Å². The van der Waals surface area contributed by atoms with Gasteiger partial charge in [-0.15, -0.1) is 0 Å². The molecule has 0 heterocycles. The van der Waals surface area contributed by atoms with Crippen LogP contribution >= 0.6 is 0 Å². The maximum atomic E-state index is 11.6. The molecule has 4 heteroatoms. The van der Waals surface area contributed by atoms with Crippen LogP contribution in [-0.2, 0) is 9.59 Å². The van der Waals surface area contributed by atoms with E-state index in [0.717, 1.165) is 33.4 Å². The minimum absolute atomic E-state index is 0.245. The fourth-order valence-electron chi connectivity index (χ4n) is 3.21. The second-order valence-corrected chi connectivity index (χ2v) is 7.02. The Balaban J connectivity index is 2.37. The van der Waals surface area contributed by atoms with Crippen LogP contribution < -0.4 is 9.47 Å². The van der Waals surface area contributed by atoms with E-state index in [-0.39, 0.29) is 11.9 Å². The van der Waals surface area contributed by atoms with Crippen molar-refractivity contribution in [2.75, 3.05) is 0 Å². The Kier molecular flexibility index (Phi) is 8.16. The van der Waals surface area contributed by atoms with Gasteiger partial charge in [0.2, 0.25) is 0 Å². The van der Waals surface area contributed by atoms with Crippen molar-refractivity contribution in [1.29, 1.82) is 0 Å². The molecule has 0 aliphatic carbocycles. The highest BCUT2D eigenvalue weighted by atomic mass is 16.5. The summed E-state index contributed by atoms with van der Waals surface area (Å²) in [4.78, 5) is 23.2. The molecule has 0 aliphatic heterocycles. The minimum atomic E-state index is -0.245. The summed E-state index contributed by atoms with van der Waals surface area (Å²) in [5.74, 6) is 0.679. The van der Waals surface area contributed by atoms with Crippen molar-refractivity contribution in [3.63, 3.8) is 0 Å². The highest BCUT2D eigenvalue weighted by Gasteiger charge is 2.14. The molecule has 158 valence electrons. The van der Waals surface area contributed by atoms with Crippen molar-refractivity contribution in [2.45, 2.75) is 54.4 Å². The largest absolute Gasteiger partial charge is 0.426 e. The van der Waals surface area contributed by atoms with E-state index in [2.05, 4.69) is 12.2 Å². The van der Waals surface area contributed by atoms with Gasteiger partial charge in [-0.3, -0.25) is 9.59 Å². The number of benzene rings is 2. The topological polar surface area (TPSA) is 52.6 Å². The van der Waals surface area contributed by atoms with Gasteiger partial charge in [-0.1, -0.05) is 38.1 Å². The lowest BCUT2D eigenvalue weighted by Gasteiger charge is -2.16. The first-order valence-corrected chi connectivity index (χ1v) is 10.3. The summed E-state index contributed by atoms with van der Waals surface area (Å²) in [6.07, 6.45) is 4.82. The Hall–Kier alpha value is -3.14. The van der Waals surface area contributed by atoms with Gasteiger partial charge in [0.15, 0.2) is 0 Å². The van der Waals surface area contributed by atoms with Crippen LogP contribution in [0.15, 0.2) is 48.6 Å². The molecule has 0 spiro atoms. The highest BCUT2D eigenvalue weighted by Crippen LogP contribution is 2.35. The van der Waals surface area contributed by atoms with Gasteiger partial charge in [0.1, 0.15) is 11.5 Å². The predicted octanol–water partition coefficient (Wildman–Crippen LogP) is 6.44. The number of hydrogen-bond donors (Lipinski definition) is 0. The number of hydrogen-bond acceptors (Lipinski definition) is 4. The molecule has 2 aromatic carbocycles. The molecule has 0 aromatic heterocycles. The molecule has 0 unspecified atom stereocenters. The van der Waals surface area contributed by atoms with Crippen LogP contribution in [0.1, 0.15) is 62.8 Å². The second-order valence-electron chi connectivity index (χ2n) is 7.02. The molecule has 2 aromatic rings. The molecule has 0 radical (unpaired) electrons. The van der Waals surface area contributed by atoms with Gasteiger partial charge in [-0.2, -0.15) is 0 Å². The molecular weight excluding hydrogens is 376 g/mol. The van der Waals surface area contributed by atoms with Gasteiger partial charge in [-0.25, -0.2) is 0 Å². The molecule has 0 fully saturated rings. The molecule has 2 rings (SSSR count). The third-order valence-corrected chi connectivity index (χ3v) is 4.86. The fraction of sp³-hybridized carbons (Fsp3) is 0.308. The average Bonchev–Trinajstić information content (AvgIpc) is 2.74. The first-order chi connectivity index (χ1) is 14.3. The summed E-state index contributed by atoms with van der Waals surface area (Å²) < 4.78 is 10.8. The highest BCUT2D eigenvalue weighted by molar-refractivity contribution is 6.05. The molecule has 0 saturated heterocycles. The van der Waals surface area contributed by atoms with Gasteiger partial charge < -0.3 is 9.47 Å². The molecule has 0 amide bonds. The second kappa shape index (κ2) is 10.6. The van der Waals surface area contributed by atoms with E-state index in [1.165, 1.54) is 0 Å². The summed E-state index contributed by atoms with van der Waals surface area (Å²) >= 11 is 0. The maximum absolute atomic E-state index is 11.6. The van der Waals surface area contributed by atoms with Crippen LogP contribution in [0.2, 0.25) is 0 Å². The Morgan fingerprint density at radius 1 is 0.733 bits per heavy atom. The molecule has 0 saturated carbocycles. The number of allylic oxidation sites excluding steroid dienone is 4. The molecule has 4 nitrogen and oxygen atoms in total. The Labute approximate surface area is 179 Å². The van der Waals surface area contributed by atoms with Crippen molar-refractivity contribution in [1.82, 2.24) is 0 Å². The van der Waals surface area contributed by atoms with Crippen LogP contribution in [0.3, 0.4) is 0 Å². The molecule has 30 heavy (non-hydrogen) atoms. The first kappa shape index (κ1) is 23.1. The molecule has 0 aliphatic rings. The van der Waals surface area contributed by atoms with E-state index >= 15 is 0 Å². The Morgan fingerprint density at radius 3 is 1.37 bits per heavy atom. The summed E-state index contributed by atoms with van der Waals surface area (Å²) in [5.41, 5.74) is 6.04. The van der Waals surface area contributed by atoms with Crippen LogP contribution in [0.5, 0.6) is 11.5 Å². The first-order valence-electron chi connectivity index (χ1n) is 10.3. The average molecular weight is 407 g/mol. The number of carbonyl (C=O) groups is 2. The van der Waals surface area contributed by atoms with Gasteiger partial charge in [0, 0.05) is 12.8 Å². The number of esters is 2. The summed E-state index contributed by atoms with van der Waals surface area (Å²) in [5, 5.41) is 0. The van der Waals surface area contributed by atoms with E-state index in [4.69, 9.17) is 9.47 Å². The summed E-state index contributed by atoms with van der Waals surface area (Å²) in [6, 6.07) is 11.7. The lowest BCUT2D eigenvalue weighted by Crippen LogP contribution is -2.07. The lowest BCUT2D eigenvalue weighted by molar-refractivity contribution is -0.134. The van der Waals surface area contributed by atoms with Crippen molar-refractivity contribution in [3.05, 3.63) is 70.8 Å². The quantitative estimate of drug-likeness (QED) is 0.302.